The quantitative estimate of drug-likeness (QED) is 0.580. The van der Waals surface area contributed by atoms with Gasteiger partial charge in [-0.3, -0.25) is 4.57 Å². The monoisotopic (exact) mass is 289 g/mol. The molecule has 106 valence electrons. The van der Waals surface area contributed by atoms with E-state index >= 15 is 0 Å². The molecular formula is C16H11N5O. The van der Waals surface area contributed by atoms with Crippen molar-refractivity contribution in [3.63, 3.8) is 0 Å². The van der Waals surface area contributed by atoms with Crippen molar-refractivity contribution in [3.05, 3.63) is 67.3 Å². The van der Waals surface area contributed by atoms with Gasteiger partial charge < -0.3 is 4.52 Å². The van der Waals surface area contributed by atoms with Gasteiger partial charge in [0.2, 0.25) is 5.82 Å². The fourth-order valence-electron chi connectivity index (χ4n) is 2.16. The smallest absolute Gasteiger partial charge is 0.258 e. The van der Waals surface area contributed by atoms with Crippen LogP contribution < -0.4 is 0 Å². The highest BCUT2D eigenvalue weighted by Crippen LogP contribution is 2.22. The third-order valence-electron chi connectivity index (χ3n) is 3.29. The molecule has 0 aliphatic carbocycles. The van der Waals surface area contributed by atoms with Crippen LogP contribution >= 0.6 is 0 Å². The van der Waals surface area contributed by atoms with Crippen LogP contribution in [0.1, 0.15) is 0 Å². The maximum absolute atomic E-state index is 5.34. The number of rotatable bonds is 3. The maximum Gasteiger partial charge on any atom is 0.258 e. The largest absolute Gasteiger partial charge is 0.334 e. The number of hydrogen-bond acceptors (Lipinski definition) is 5. The Labute approximate surface area is 126 Å². The van der Waals surface area contributed by atoms with E-state index in [1.54, 1.807) is 12.7 Å². The van der Waals surface area contributed by atoms with E-state index in [9.17, 15) is 0 Å². The van der Waals surface area contributed by atoms with Gasteiger partial charge in [-0.25, -0.2) is 0 Å². The first-order chi connectivity index (χ1) is 10.9. The van der Waals surface area contributed by atoms with Crippen molar-refractivity contribution in [1.29, 1.82) is 0 Å². The third kappa shape index (κ3) is 2.26. The molecule has 0 amide bonds. The lowest BCUT2D eigenvalue weighted by molar-refractivity contribution is 0.432. The molecule has 0 spiro atoms. The molecule has 0 aliphatic heterocycles. The molecule has 0 unspecified atom stereocenters. The summed E-state index contributed by atoms with van der Waals surface area (Å²) in [6, 6.07) is 17.5. The summed E-state index contributed by atoms with van der Waals surface area (Å²) in [6.45, 7) is 0. The number of benzene rings is 2. The highest BCUT2D eigenvalue weighted by Gasteiger charge is 2.10. The Morgan fingerprint density at radius 3 is 2.23 bits per heavy atom. The molecule has 4 rings (SSSR count). The van der Waals surface area contributed by atoms with Crippen LogP contribution in [-0.4, -0.2) is 24.9 Å². The average Bonchev–Trinajstić information content (AvgIpc) is 3.28. The van der Waals surface area contributed by atoms with E-state index in [4.69, 9.17) is 4.52 Å². The Hall–Kier alpha value is -3.28. The van der Waals surface area contributed by atoms with Crippen LogP contribution in [0.2, 0.25) is 0 Å². The fourth-order valence-corrected chi connectivity index (χ4v) is 2.16. The first-order valence-electron chi connectivity index (χ1n) is 6.75. The highest BCUT2D eigenvalue weighted by atomic mass is 16.5. The van der Waals surface area contributed by atoms with Gasteiger partial charge in [0.25, 0.3) is 5.89 Å². The zero-order chi connectivity index (χ0) is 14.8. The molecule has 0 bridgehead atoms. The molecule has 0 fully saturated rings. The number of nitrogens with zero attached hydrogens (tertiary/aromatic N) is 5. The summed E-state index contributed by atoms with van der Waals surface area (Å²) in [7, 11) is 0. The minimum Gasteiger partial charge on any atom is -0.334 e. The Balaban J connectivity index is 1.64. The first-order valence-corrected chi connectivity index (χ1v) is 6.75. The molecule has 22 heavy (non-hydrogen) atoms. The van der Waals surface area contributed by atoms with Crippen molar-refractivity contribution in [2.24, 2.45) is 0 Å². The predicted octanol–water partition coefficient (Wildman–Crippen LogP) is 2.98. The third-order valence-corrected chi connectivity index (χ3v) is 3.29. The Morgan fingerprint density at radius 2 is 1.50 bits per heavy atom. The average molecular weight is 289 g/mol. The Kier molecular flexibility index (Phi) is 2.97. The zero-order valence-electron chi connectivity index (χ0n) is 11.5. The summed E-state index contributed by atoms with van der Waals surface area (Å²) in [4.78, 5) is 4.43. The van der Waals surface area contributed by atoms with Gasteiger partial charge in [-0.2, -0.15) is 4.98 Å². The molecule has 2 heterocycles. The second-order valence-corrected chi connectivity index (χ2v) is 4.71. The van der Waals surface area contributed by atoms with Crippen LogP contribution in [0.15, 0.2) is 71.8 Å². The molecule has 2 aromatic heterocycles. The van der Waals surface area contributed by atoms with E-state index in [0.717, 1.165) is 16.8 Å². The van der Waals surface area contributed by atoms with Crippen molar-refractivity contribution >= 4 is 0 Å². The molecule has 0 saturated carbocycles. The fraction of sp³-hybridized carbons (Fsp3) is 0. The van der Waals surface area contributed by atoms with Crippen LogP contribution in [0.3, 0.4) is 0 Å². The van der Waals surface area contributed by atoms with Crippen LogP contribution in [0.5, 0.6) is 0 Å². The predicted molar refractivity (Wildman–Crippen MR) is 80.1 cm³/mol. The lowest BCUT2D eigenvalue weighted by Crippen LogP contribution is -1.89. The SMILES string of the molecule is c1ccc(-c2noc(-c3ccc(-n4cnnc4)cc3)n2)cc1. The van der Waals surface area contributed by atoms with Crippen LogP contribution in [-0.2, 0) is 0 Å². The van der Waals surface area contributed by atoms with Crippen LogP contribution in [0.4, 0.5) is 0 Å². The van der Waals surface area contributed by atoms with E-state index in [-0.39, 0.29) is 0 Å². The second-order valence-electron chi connectivity index (χ2n) is 4.71. The molecule has 0 aliphatic rings. The number of aromatic nitrogens is 5. The van der Waals surface area contributed by atoms with Crippen LogP contribution in [0.25, 0.3) is 28.5 Å². The topological polar surface area (TPSA) is 69.6 Å². The highest BCUT2D eigenvalue weighted by molar-refractivity contribution is 5.60. The van der Waals surface area contributed by atoms with Crippen molar-refractivity contribution in [3.8, 4) is 28.5 Å². The molecule has 2 aromatic carbocycles. The van der Waals surface area contributed by atoms with Gasteiger partial charge in [0, 0.05) is 16.8 Å². The van der Waals surface area contributed by atoms with E-state index in [1.807, 2.05) is 59.2 Å². The molecule has 0 saturated heterocycles. The van der Waals surface area contributed by atoms with Gasteiger partial charge in [0.05, 0.1) is 0 Å². The summed E-state index contributed by atoms with van der Waals surface area (Å²) in [5.74, 6) is 1.08. The molecular weight excluding hydrogens is 278 g/mol. The van der Waals surface area contributed by atoms with Gasteiger partial charge in [0.15, 0.2) is 0 Å². The lowest BCUT2D eigenvalue weighted by Gasteiger charge is -2.00. The van der Waals surface area contributed by atoms with Crippen molar-refractivity contribution in [2.45, 2.75) is 0 Å². The summed E-state index contributed by atoms with van der Waals surface area (Å²) in [6.07, 6.45) is 3.30. The van der Waals surface area contributed by atoms with Crippen molar-refractivity contribution in [2.75, 3.05) is 0 Å². The summed E-state index contributed by atoms with van der Waals surface area (Å²) < 4.78 is 7.17. The molecule has 0 radical (unpaired) electrons. The van der Waals surface area contributed by atoms with Gasteiger partial charge in [0.1, 0.15) is 12.7 Å². The zero-order valence-corrected chi connectivity index (χ0v) is 11.5. The molecule has 0 atom stereocenters. The van der Waals surface area contributed by atoms with Crippen LogP contribution in [0, 0.1) is 0 Å². The van der Waals surface area contributed by atoms with Gasteiger partial charge >= 0.3 is 0 Å². The standard InChI is InChI=1S/C16H11N5O/c1-2-4-12(5-3-1)15-19-16(22-20-15)13-6-8-14(9-7-13)21-10-17-18-11-21/h1-11H. The van der Waals surface area contributed by atoms with Gasteiger partial charge in [-0.15, -0.1) is 10.2 Å². The molecule has 6 heteroatoms. The summed E-state index contributed by atoms with van der Waals surface area (Å²) >= 11 is 0. The first kappa shape index (κ1) is 12.5. The second kappa shape index (κ2) is 5.25. The Morgan fingerprint density at radius 1 is 0.773 bits per heavy atom. The summed E-state index contributed by atoms with van der Waals surface area (Å²) in [5, 5.41) is 11.6. The number of hydrogen-bond donors (Lipinski definition) is 0. The van der Waals surface area contributed by atoms with Crippen molar-refractivity contribution < 1.29 is 4.52 Å². The maximum atomic E-state index is 5.34. The van der Waals surface area contributed by atoms with Gasteiger partial charge in [-0.05, 0) is 24.3 Å². The molecule has 0 N–H and O–H groups in total. The molecule has 6 nitrogen and oxygen atoms in total. The van der Waals surface area contributed by atoms with E-state index in [2.05, 4.69) is 20.3 Å². The lowest BCUT2D eigenvalue weighted by atomic mass is 10.2. The minimum absolute atomic E-state index is 0.495. The Bertz CT molecular complexity index is 867. The van der Waals surface area contributed by atoms with E-state index < -0.39 is 0 Å². The van der Waals surface area contributed by atoms with E-state index in [0.29, 0.717) is 11.7 Å². The van der Waals surface area contributed by atoms with E-state index in [1.165, 1.54) is 0 Å². The minimum atomic E-state index is 0.495. The summed E-state index contributed by atoms with van der Waals surface area (Å²) in [5.41, 5.74) is 2.77. The van der Waals surface area contributed by atoms with Crippen molar-refractivity contribution in [1.82, 2.24) is 24.9 Å². The molecule has 4 aromatic rings. The van der Waals surface area contributed by atoms with Gasteiger partial charge in [-0.1, -0.05) is 35.5 Å². The normalized spacial score (nSPS) is 10.7.